The van der Waals surface area contributed by atoms with Crippen molar-refractivity contribution in [3.05, 3.63) is 0 Å². The van der Waals surface area contributed by atoms with E-state index in [9.17, 15) is 14.4 Å². The molecule has 2 saturated heterocycles. The number of amides is 4. The maximum absolute atomic E-state index is 12.6. The van der Waals surface area contributed by atoms with Crippen molar-refractivity contribution in [3.8, 4) is 0 Å². The molecule has 2 fully saturated rings. The molecule has 9 heteroatoms. The van der Waals surface area contributed by atoms with E-state index in [2.05, 4.69) is 4.99 Å². The van der Waals surface area contributed by atoms with Gasteiger partial charge in [0.1, 0.15) is 0 Å². The molecule has 0 saturated carbocycles. The highest BCUT2D eigenvalue weighted by Crippen LogP contribution is 2.21. The number of ether oxygens (including phenoxy) is 1. The van der Waals surface area contributed by atoms with Crippen LogP contribution in [0.15, 0.2) is 4.99 Å². The Kier molecular flexibility index (Phi) is 4.36. The average Bonchev–Trinajstić information content (AvgIpc) is 2.99. The Labute approximate surface area is 146 Å². The zero-order valence-corrected chi connectivity index (χ0v) is 15.1. The van der Waals surface area contributed by atoms with Gasteiger partial charge in [0, 0.05) is 20.6 Å². The van der Waals surface area contributed by atoms with Crippen molar-refractivity contribution in [1.82, 2.24) is 14.7 Å². The monoisotopic (exact) mass is 350 g/mol. The number of urea groups is 1. The lowest BCUT2D eigenvalue weighted by molar-refractivity contribution is -0.530. The van der Waals surface area contributed by atoms with Crippen LogP contribution in [-0.2, 0) is 14.3 Å². The predicted octanol–water partition coefficient (Wildman–Crippen LogP) is -0.641. The molecule has 0 aromatic rings. The maximum Gasteiger partial charge on any atom is 0.333 e. The summed E-state index contributed by atoms with van der Waals surface area (Å²) in [5, 5.41) is 0. The quantitative estimate of drug-likeness (QED) is 0.634. The van der Waals surface area contributed by atoms with Gasteiger partial charge in [-0.05, 0) is 18.8 Å². The fraction of sp³-hybridized carbons (Fsp3) is 0.688. The van der Waals surface area contributed by atoms with Crippen LogP contribution in [0.3, 0.4) is 0 Å². The van der Waals surface area contributed by atoms with E-state index in [-0.39, 0.29) is 23.8 Å². The Balaban J connectivity index is 1.66. The summed E-state index contributed by atoms with van der Waals surface area (Å²) in [4.78, 5) is 45.5. The summed E-state index contributed by atoms with van der Waals surface area (Å²) in [7, 11) is 3.05. The van der Waals surface area contributed by atoms with Gasteiger partial charge in [-0.25, -0.2) is 9.37 Å². The molecule has 0 bridgehead atoms. The number of imide groups is 1. The number of amidine groups is 1. The van der Waals surface area contributed by atoms with Crippen LogP contribution in [0.25, 0.3) is 0 Å². The van der Waals surface area contributed by atoms with Gasteiger partial charge in [0.2, 0.25) is 5.91 Å². The molecule has 3 aliphatic heterocycles. The summed E-state index contributed by atoms with van der Waals surface area (Å²) in [6, 6.07) is -1.04. The van der Waals surface area contributed by atoms with E-state index in [0.717, 1.165) is 4.90 Å². The zero-order valence-electron chi connectivity index (χ0n) is 15.1. The first kappa shape index (κ1) is 17.5. The molecule has 1 unspecified atom stereocenters. The van der Waals surface area contributed by atoms with Crippen molar-refractivity contribution in [2.45, 2.75) is 31.8 Å². The normalized spacial score (nSPS) is 25.8. The first-order valence-corrected chi connectivity index (χ1v) is 8.34. The van der Waals surface area contributed by atoms with Crippen LogP contribution in [0.2, 0.25) is 0 Å². The zero-order chi connectivity index (χ0) is 18.4. The smallest absolute Gasteiger partial charge is 0.333 e. The molecule has 0 aliphatic carbocycles. The molecule has 3 rings (SSSR count). The third-order valence-electron chi connectivity index (χ3n) is 4.93. The van der Waals surface area contributed by atoms with E-state index in [1.807, 2.05) is 18.7 Å². The fourth-order valence-electron chi connectivity index (χ4n) is 3.41. The predicted molar refractivity (Wildman–Crippen MR) is 89.6 cm³/mol. The molecule has 0 spiro atoms. The highest BCUT2D eigenvalue weighted by Gasteiger charge is 2.50. The second-order valence-electron chi connectivity index (χ2n) is 7.14. The lowest BCUT2D eigenvalue weighted by Crippen LogP contribution is -2.61. The number of carbonyl (C=O) groups is 3. The summed E-state index contributed by atoms with van der Waals surface area (Å²) in [6.45, 7) is 5.95. The molecular weight excluding hydrogens is 326 g/mol. The van der Waals surface area contributed by atoms with Gasteiger partial charge in [0.15, 0.2) is 0 Å². The van der Waals surface area contributed by atoms with Gasteiger partial charge in [0.05, 0.1) is 31.7 Å². The van der Waals surface area contributed by atoms with Crippen LogP contribution in [0, 0.1) is 0 Å². The number of nitrogens with zero attached hydrogens (tertiary/aromatic N) is 5. The number of morpholine rings is 1. The second-order valence-corrected chi connectivity index (χ2v) is 7.14. The van der Waals surface area contributed by atoms with E-state index in [4.69, 9.17) is 4.74 Å². The molecule has 3 heterocycles. The SMILES string of the molecule is CN1C(=O)C2C(=NC=[N+]2CCC(=O)N2CCOCC2(C)C)N(C)C1=O. The third-order valence-corrected chi connectivity index (χ3v) is 4.93. The first-order chi connectivity index (χ1) is 11.7. The minimum Gasteiger partial charge on any atom is -0.377 e. The average molecular weight is 350 g/mol. The lowest BCUT2D eigenvalue weighted by atomic mass is 10.0. The molecule has 0 aromatic carbocycles. The number of fused-ring (bicyclic) bond motifs is 1. The van der Waals surface area contributed by atoms with Crippen molar-refractivity contribution in [2.75, 3.05) is 40.4 Å². The minimum absolute atomic E-state index is 0.0243. The van der Waals surface area contributed by atoms with E-state index < -0.39 is 12.1 Å². The standard InChI is InChI=1S/C16H24N5O4/c1-16(2)9-25-8-7-21(16)11(22)5-6-20-10-17-13-12(20)14(23)19(4)15(24)18(13)3/h10,12H,5-9H2,1-4H3/q+1. The minimum atomic E-state index is -0.641. The number of carbonyl (C=O) groups excluding carboxylic acids is 3. The van der Waals surface area contributed by atoms with Crippen LogP contribution < -0.4 is 0 Å². The van der Waals surface area contributed by atoms with Gasteiger partial charge in [-0.15, -0.1) is 0 Å². The summed E-state index contributed by atoms with van der Waals surface area (Å²) in [5.74, 6) is 0.109. The van der Waals surface area contributed by atoms with E-state index >= 15 is 0 Å². The van der Waals surface area contributed by atoms with Gasteiger partial charge < -0.3 is 9.64 Å². The van der Waals surface area contributed by atoms with Crippen molar-refractivity contribution in [2.24, 2.45) is 4.99 Å². The molecule has 4 amide bonds. The van der Waals surface area contributed by atoms with Gasteiger partial charge >= 0.3 is 6.03 Å². The molecule has 3 aliphatic rings. The second kappa shape index (κ2) is 6.21. The third kappa shape index (κ3) is 2.92. The molecule has 1 atom stereocenters. The van der Waals surface area contributed by atoms with Crippen molar-refractivity contribution in [1.29, 1.82) is 0 Å². The molecule has 25 heavy (non-hydrogen) atoms. The number of hydrogen-bond acceptors (Lipinski definition) is 5. The topological polar surface area (TPSA) is 85.5 Å². The molecular formula is C16H24N5O4+. The summed E-state index contributed by atoms with van der Waals surface area (Å²) in [6.07, 6.45) is 1.81. The van der Waals surface area contributed by atoms with Crippen LogP contribution >= 0.6 is 0 Å². The Morgan fingerprint density at radius 2 is 2.08 bits per heavy atom. The van der Waals surface area contributed by atoms with Gasteiger partial charge in [0.25, 0.3) is 24.1 Å². The van der Waals surface area contributed by atoms with E-state index in [1.54, 1.807) is 18.0 Å². The largest absolute Gasteiger partial charge is 0.377 e. The van der Waals surface area contributed by atoms with Gasteiger partial charge in [-0.3, -0.25) is 19.4 Å². The van der Waals surface area contributed by atoms with Crippen molar-refractivity contribution >= 4 is 30.0 Å². The highest BCUT2D eigenvalue weighted by atomic mass is 16.5. The Morgan fingerprint density at radius 1 is 1.36 bits per heavy atom. The van der Waals surface area contributed by atoms with Crippen molar-refractivity contribution < 1.29 is 23.7 Å². The molecule has 9 nitrogen and oxygen atoms in total. The Bertz CT molecular complexity index is 684. The summed E-state index contributed by atoms with van der Waals surface area (Å²) >= 11 is 0. The van der Waals surface area contributed by atoms with Crippen LogP contribution in [0.1, 0.15) is 20.3 Å². The van der Waals surface area contributed by atoms with Crippen LogP contribution in [0.5, 0.6) is 0 Å². The Morgan fingerprint density at radius 3 is 2.76 bits per heavy atom. The number of hydrogen-bond donors (Lipinski definition) is 0. The van der Waals surface area contributed by atoms with E-state index in [0.29, 0.717) is 32.1 Å². The number of aliphatic imine (C=N–C) groups is 1. The maximum atomic E-state index is 12.6. The number of likely N-dealkylation sites (N-methyl/N-ethyl adjacent to an activating group) is 2. The summed E-state index contributed by atoms with van der Waals surface area (Å²) < 4.78 is 7.17. The fourth-order valence-corrected chi connectivity index (χ4v) is 3.41. The van der Waals surface area contributed by atoms with Gasteiger partial charge in [-0.1, -0.05) is 0 Å². The molecule has 136 valence electrons. The van der Waals surface area contributed by atoms with Crippen LogP contribution in [-0.4, -0.2) is 101 Å². The molecule has 0 radical (unpaired) electrons. The number of rotatable bonds is 3. The highest BCUT2D eigenvalue weighted by molar-refractivity contribution is 6.21. The molecule has 0 N–H and O–H groups in total. The first-order valence-electron chi connectivity index (χ1n) is 8.34. The van der Waals surface area contributed by atoms with E-state index in [1.165, 1.54) is 11.9 Å². The molecule has 0 aromatic heterocycles. The van der Waals surface area contributed by atoms with Gasteiger partial charge in [-0.2, -0.15) is 0 Å². The van der Waals surface area contributed by atoms with Crippen LogP contribution in [0.4, 0.5) is 4.79 Å². The Hall–Kier alpha value is -2.29. The lowest BCUT2D eigenvalue weighted by Gasteiger charge is -2.42. The summed E-state index contributed by atoms with van der Waals surface area (Å²) in [5.41, 5.74) is -0.334. The van der Waals surface area contributed by atoms with Crippen molar-refractivity contribution in [3.63, 3.8) is 0 Å².